The second-order valence-corrected chi connectivity index (χ2v) is 11.2. The maximum atomic E-state index is 10.3. The maximum Gasteiger partial charge on any atom is 0.166 e. The average Bonchev–Trinajstić information content (AvgIpc) is 2.94. The number of pyridine rings is 1. The molecule has 0 bridgehead atoms. The number of hydrogen-bond donors (Lipinski definition) is 0. The Hall–Kier alpha value is -3.34. The smallest absolute Gasteiger partial charge is 0.166 e. The zero-order valence-corrected chi connectivity index (χ0v) is 25.9. The molecule has 1 aromatic heterocycles. The molecular weight excluding hydrogens is 498 g/mol. The van der Waals surface area contributed by atoms with Gasteiger partial charge in [-0.3, -0.25) is 9.78 Å². The van der Waals surface area contributed by atoms with E-state index in [-0.39, 0.29) is 11.2 Å². The molecule has 2 aromatic rings. The van der Waals surface area contributed by atoms with Gasteiger partial charge >= 0.3 is 0 Å². The van der Waals surface area contributed by atoms with E-state index in [4.69, 9.17) is 19.2 Å². The monoisotopic (exact) mass is 545 g/mol. The lowest BCUT2D eigenvalue weighted by atomic mass is 9.63. The highest BCUT2D eigenvalue weighted by Gasteiger charge is 2.42. The van der Waals surface area contributed by atoms with Crippen molar-refractivity contribution in [1.82, 2.24) is 4.98 Å². The summed E-state index contributed by atoms with van der Waals surface area (Å²) in [5.41, 5.74) is 4.97. The van der Waals surface area contributed by atoms with Gasteiger partial charge in [0, 0.05) is 28.6 Å². The van der Waals surface area contributed by atoms with E-state index in [9.17, 15) is 4.79 Å². The van der Waals surface area contributed by atoms with Crippen LogP contribution in [-0.2, 0) is 14.9 Å². The van der Waals surface area contributed by atoms with E-state index in [1.165, 1.54) is 60.4 Å². The van der Waals surface area contributed by atoms with Crippen molar-refractivity contribution in [3.8, 4) is 11.5 Å². The first-order chi connectivity index (χ1) is 19.1. The van der Waals surface area contributed by atoms with Crippen molar-refractivity contribution in [3.05, 3.63) is 71.3 Å². The van der Waals surface area contributed by atoms with Crippen molar-refractivity contribution < 1.29 is 19.0 Å². The summed E-state index contributed by atoms with van der Waals surface area (Å²) in [7, 11) is 1.54. The fourth-order valence-electron chi connectivity index (χ4n) is 5.63. The predicted molar refractivity (Wildman–Crippen MR) is 166 cm³/mol. The Morgan fingerprint density at radius 3 is 2.50 bits per heavy atom. The molecule has 1 aromatic carbocycles. The quantitative estimate of drug-likeness (QED) is 0.213. The molecule has 5 heteroatoms. The van der Waals surface area contributed by atoms with Crippen LogP contribution >= 0.6 is 0 Å². The van der Waals surface area contributed by atoms with Crippen molar-refractivity contribution in [1.29, 1.82) is 0 Å². The highest BCUT2D eigenvalue weighted by atomic mass is 16.6. The van der Waals surface area contributed by atoms with E-state index >= 15 is 0 Å². The minimum atomic E-state index is -0.166. The molecule has 0 saturated carbocycles. The lowest BCUT2D eigenvalue weighted by Crippen LogP contribution is -2.31. The molecule has 2 atom stereocenters. The summed E-state index contributed by atoms with van der Waals surface area (Å²) in [4.78, 5) is 15.2. The molecule has 216 valence electrons. The molecule has 0 N–H and O–H groups in total. The molecular formula is C35H47NO4. The number of rotatable bonds is 5. The van der Waals surface area contributed by atoms with Gasteiger partial charge in [0.15, 0.2) is 17.3 Å². The Bertz CT molecular complexity index is 1330. The lowest BCUT2D eigenvalue weighted by Gasteiger charge is -2.42. The van der Waals surface area contributed by atoms with Gasteiger partial charge in [-0.15, -0.1) is 0 Å². The highest BCUT2D eigenvalue weighted by molar-refractivity contribution is 6.03. The number of aromatic nitrogens is 1. The summed E-state index contributed by atoms with van der Waals surface area (Å²) in [6.07, 6.45) is 16.2. The van der Waals surface area contributed by atoms with Crippen LogP contribution in [-0.4, -0.2) is 31.1 Å². The van der Waals surface area contributed by atoms with Crippen molar-refractivity contribution in [2.75, 3.05) is 20.3 Å². The van der Waals surface area contributed by atoms with Crippen LogP contribution in [0.5, 0.6) is 11.5 Å². The third kappa shape index (κ3) is 6.51. The number of nitrogens with zero attached hydrogens (tertiary/aromatic N) is 1. The van der Waals surface area contributed by atoms with Crippen molar-refractivity contribution in [2.24, 2.45) is 11.8 Å². The zero-order chi connectivity index (χ0) is 29.4. The number of ketones is 1. The third-order valence-corrected chi connectivity index (χ3v) is 7.81. The van der Waals surface area contributed by atoms with Gasteiger partial charge in [-0.2, -0.15) is 0 Å². The van der Waals surface area contributed by atoms with Gasteiger partial charge in [0.25, 0.3) is 0 Å². The van der Waals surface area contributed by atoms with Crippen molar-refractivity contribution >= 4 is 22.1 Å². The molecule has 0 amide bonds. The van der Waals surface area contributed by atoms with Gasteiger partial charge in [-0.25, -0.2) is 0 Å². The molecule has 40 heavy (non-hydrogen) atoms. The van der Waals surface area contributed by atoms with E-state index in [0.717, 1.165) is 23.6 Å². The van der Waals surface area contributed by atoms with Gasteiger partial charge in [0.1, 0.15) is 13.2 Å². The fourth-order valence-corrected chi connectivity index (χ4v) is 5.63. The topological polar surface area (TPSA) is 57.6 Å². The summed E-state index contributed by atoms with van der Waals surface area (Å²) in [5.74, 6) is 3.34. The van der Waals surface area contributed by atoms with Crippen LogP contribution < -0.4 is 9.47 Å². The molecule has 2 heterocycles. The van der Waals surface area contributed by atoms with Gasteiger partial charge in [0.2, 0.25) is 0 Å². The van der Waals surface area contributed by atoms with Gasteiger partial charge in [-0.1, -0.05) is 71.8 Å². The molecule has 3 aliphatic rings. The van der Waals surface area contributed by atoms with Gasteiger partial charge in [0.05, 0.1) is 18.6 Å². The van der Waals surface area contributed by atoms with E-state index in [1.807, 2.05) is 6.20 Å². The maximum absolute atomic E-state index is 10.3. The van der Waals surface area contributed by atoms with Crippen LogP contribution in [0, 0.1) is 11.8 Å². The normalized spacial score (nSPS) is 19.2. The fraction of sp³-hybridized carbons (Fsp3) is 0.486. The van der Waals surface area contributed by atoms with Crippen LogP contribution in [0.2, 0.25) is 0 Å². The highest BCUT2D eigenvalue weighted by Crippen LogP contribution is 2.56. The Kier molecular flexibility index (Phi) is 10.8. The van der Waals surface area contributed by atoms with Gasteiger partial charge in [-0.05, 0) is 67.7 Å². The molecule has 0 spiro atoms. The number of fused-ring (bicyclic) bond motifs is 3. The first-order valence-electron chi connectivity index (χ1n) is 14.6. The van der Waals surface area contributed by atoms with Crippen LogP contribution in [0.1, 0.15) is 85.9 Å². The van der Waals surface area contributed by atoms with Crippen LogP contribution in [0.3, 0.4) is 0 Å². The molecule has 5 nitrogen and oxygen atoms in total. The number of carbonyl (C=O) groups is 1. The molecule has 1 aliphatic heterocycles. The van der Waals surface area contributed by atoms with Crippen LogP contribution in [0.25, 0.3) is 16.3 Å². The van der Waals surface area contributed by atoms with Crippen molar-refractivity contribution in [2.45, 2.75) is 80.1 Å². The largest absolute Gasteiger partial charge is 0.501 e. The molecule has 0 radical (unpaired) electrons. The Morgan fingerprint density at radius 1 is 1.20 bits per heavy atom. The first-order valence-corrected chi connectivity index (χ1v) is 14.6. The molecule has 2 aliphatic carbocycles. The number of carbonyl (C=O) groups excluding carboxylic acids is 1. The number of benzene rings is 1. The van der Waals surface area contributed by atoms with Gasteiger partial charge < -0.3 is 14.2 Å². The Balaban J connectivity index is 0.000000312. The standard InChI is InChI=1S/C25H27NO2.C6H10O2.C4H10/c1-5-7-15(2)17-8-6-9-18-21(17)23-20-16(10-11-26-23)14-19-24(28-13-12-27-19)22(20)25(18,3)4;1-5(7)4-6(2)8-3;1-3-4-2/h5-7,9-11,14-15,17H,8,12-13H2,1-4H3;4H,1-3H3;3-4H2,1-2H3/b;6-4-;. The second-order valence-electron chi connectivity index (χ2n) is 11.2. The third-order valence-electron chi connectivity index (χ3n) is 7.81. The molecule has 2 unspecified atom stereocenters. The first kappa shape index (κ1) is 31.2. The minimum absolute atomic E-state index is 0.0179. The summed E-state index contributed by atoms with van der Waals surface area (Å²) in [5, 5.41) is 2.43. The van der Waals surface area contributed by atoms with E-state index < -0.39 is 0 Å². The van der Waals surface area contributed by atoms with Crippen LogP contribution in [0.4, 0.5) is 0 Å². The molecule has 5 rings (SSSR count). The summed E-state index contributed by atoms with van der Waals surface area (Å²) in [6, 6.07) is 4.23. The predicted octanol–water partition coefficient (Wildman–Crippen LogP) is 8.77. The summed E-state index contributed by atoms with van der Waals surface area (Å²) >= 11 is 0. The number of ether oxygens (including phenoxy) is 3. The summed E-state index contributed by atoms with van der Waals surface area (Å²) in [6.45, 7) is 17.8. The number of allylic oxidation sites excluding steroid dienone is 8. The zero-order valence-electron chi connectivity index (χ0n) is 25.9. The lowest BCUT2D eigenvalue weighted by molar-refractivity contribution is -0.112. The molecule has 0 saturated heterocycles. The number of methoxy groups -OCH3 is 1. The second kappa shape index (κ2) is 13.8. The van der Waals surface area contributed by atoms with E-state index in [1.54, 1.807) is 6.92 Å². The molecule has 0 fully saturated rings. The Labute approximate surface area is 241 Å². The Morgan fingerprint density at radius 2 is 1.90 bits per heavy atom. The SMILES string of the molecule is CC=CC(C)C1CC=CC2=C1c1nccc3cc4c(c(c13)C2(C)C)OCCO4.CCCC.CO/C(C)=C\C(C)=O. The number of hydrogen-bond acceptors (Lipinski definition) is 5. The summed E-state index contributed by atoms with van der Waals surface area (Å²) < 4.78 is 16.8. The average molecular weight is 546 g/mol. The number of unbranched alkanes of at least 4 members (excludes halogenated alkanes) is 1. The van der Waals surface area contributed by atoms with E-state index in [0.29, 0.717) is 30.8 Å². The van der Waals surface area contributed by atoms with E-state index in [2.05, 4.69) is 78.0 Å². The minimum Gasteiger partial charge on any atom is -0.501 e. The van der Waals surface area contributed by atoms with Crippen molar-refractivity contribution in [3.63, 3.8) is 0 Å². The van der Waals surface area contributed by atoms with Crippen LogP contribution in [0.15, 0.2) is 60.0 Å².